The smallest absolute Gasteiger partial charge is 0.293 e. The number of amides is 1. The fourth-order valence-electron chi connectivity index (χ4n) is 2.13. The Balaban J connectivity index is 1.89. The topological polar surface area (TPSA) is 94.2 Å². The Kier molecular flexibility index (Phi) is 3.65. The van der Waals surface area contributed by atoms with Crippen molar-refractivity contribution in [1.29, 1.82) is 0 Å². The van der Waals surface area contributed by atoms with Crippen molar-refractivity contribution in [2.75, 3.05) is 5.32 Å². The maximum absolute atomic E-state index is 12.3. The molecule has 0 radical (unpaired) electrons. The van der Waals surface area contributed by atoms with Gasteiger partial charge in [0.05, 0.1) is 6.20 Å². The molecule has 0 saturated heterocycles. The Morgan fingerprint density at radius 3 is 2.73 bits per heavy atom. The predicted molar refractivity (Wildman–Crippen MR) is 79.5 cm³/mol. The molecule has 0 bridgehead atoms. The van der Waals surface area contributed by atoms with Crippen molar-refractivity contribution in [2.45, 2.75) is 19.9 Å². The van der Waals surface area contributed by atoms with Crippen LogP contribution in [0, 0.1) is 0 Å². The summed E-state index contributed by atoms with van der Waals surface area (Å²) in [4.78, 5) is 28.2. The number of hydrogen-bond donors (Lipinski definition) is 1. The average Bonchev–Trinajstić information content (AvgIpc) is 3.01. The van der Waals surface area contributed by atoms with Crippen LogP contribution in [0.25, 0.3) is 5.52 Å². The Bertz CT molecular complexity index is 868. The van der Waals surface area contributed by atoms with Crippen molar-refractivity contribution in [3.8, 4) is 0 Å². The molecule has 0 saturated carbocycles. The molecule has 8 heteroatoms. The lowest BCUT2D eigenvalue weighted by Crippen LogP contribution is -2.32. The summed E-state index contributed by atoms with van der Waals surface area (Å²) in [6, 6.07) is 4.96. The summed E-state index contributed by atoms with van der Waals surface area (Å²) in [7, 11) is 0. The van der Waals surface area contributed by atoms with Crippen LogP contribution in [0.4, 0.5) is 5.69 Å². The van der Waals surface area contributed by atoms with Gasteiger partial charge in [-0.1, -0.05) is 6.92 Å². The highest BCUT2D eigenvalue weighted by Crippen LogP contribution is 2.04. The molecule has 0 fully saturated rings. The molecule has 3 aromatic rings. The second kappa shape index (κ2) is 5.76. The molecule has 112 valence electrons. The van der Waals surface area contributed by atoms with Gasteiger partial charge in [-0.3, -0.25) is 14.6 Å². The van der Waals surface area contributed by atoms with Gasteiger partial charge >= 0.3 is 0 Å². The van der Waals surface area contributed by atoms with Crippen molar-refractivity contribution in [1.82, 2.24) is 24.4 Å². The molecule has 1 amide bonds. The number of anilines is 1. The van der Waals surface area contributed by atoms with Crippen LogP contribution in [0.1, 0.15) is 12.7 Å². The molecule has 1 N–H and O–H groups in total. The zero-order valence-electron chi connectivity index (χ0n) is 11.9. The Morgan fingerprint density at radius 2 is 2.00 bits per heavy atom. The van der Waals surface area contributed by atoms with Crippen LogP contribution < -0.4 is 10.9 Å². The molecule has 0 aliphatic carbocycles. The Hall–Kier alpha value is -3.03. The summed E-state index contributed by atoms with van der Waals surface area (Å²) < 4.78 is 2.66. The number of pyridine rings is 1. The highest BCUT2D eigenvalue weighted by atomic mass is 16.2. The van der Waals surface area contributed by atoms with Gasteiger partial charge in [-0.25, -0.2) is 9.20 Å². The van der Waals surface area contributed by atoms with Crippen LogP contribution >= 0.6 is 0 Å². The molecule has 3 heterocycles. The third kappa shape index (κ3) is 2.58. The minimum absolute atomic E-state index is 0.157. The van der Waals surface area contributed by atoms with Gasteiger partial charge in [0.25, 0.3) is 5.56 Å². The summed E-state index contributed by atoms with van der Waals surface area (Å²) in [5, 5.41) is 11.0. The number of carbonyl (C=O) groups is 1. The van der Waals surface area contributed by atoms with Gasteiger partial charge in [-0.05, 0) is 18.2 Å². The maximum Gasteiger partial charge on any atom is 0.293 e. The van der Waals surface area contributed by atoms with E-state index < -0.39 is 0 Å². The minimum Gasteiger partial charge on any atom is -0.324 e. The van der Waals surface area contributed by atoms with E-state index in [9.17, 15) is 9.59 Å². The monoisotopic (exact) mass is 298 g/mol. The Labute approximate surface area is 125 Å². The lowest BCUT2D eigenvalue weighted by atomic mass is 10.4. The number of rotatable bonds is 4. The number of nitrogens with zero attached hydrogens (tertiary/aromatic N) is 5. The van der Waals surface area contributed by atoms with E-state index in [0.29, 0.717) is 23.4 Å². The van der Waals surface area contributed by atoms with Gasteiger partial charge < -0.3 is 5.32 Å². The zero-order chi connectivity index (χ0) is 15.5. The van der Waals surface area contributed by atoms with Gasteiger partial charge in [-0.2, -0.15) is 10.2 Å². The number of aryl methyl sites for hydroxylation is 1. The standard InChI is InChI=1S/C14H14N6O2/c1-2-12-18-19(14(22)11-5-8-16-20(11)12)9-13(21)17-10-3-6-15-7-4-10/h3-8H,2,9H2,1H3,(H,15,17,21). The van der Waals surface area contributed by atoms with Gasteiger partial charge in [-0.15, -0.1) is 0 Å². The van der Waals surface area contributed by atoms with E-state index >= 15 is 0 Å². The summed E-state index contributed by atoms with van der Waals surface area (Å²) >= 11 is 0. The molecule has 0 unspecified atom stereocenters. The number of fused-ring (bicyclic) bond motifs is 1. The molecule has 22 heavy (non-hydrogen) atoms. The summed E-state index contributed by atoms with van der Waals surface area (Å²) in [6.07, 6.45) is 5.30. The van der Waals surface area contributed by atoms with Crippen LogP contribution in [0.3, 0.4) is 0 Å². The van der Waals surface area contributed by atoms with Crippen molar-refractivity contribution < 1.29 is 4.79 Å². The van der Waals surface area contributed by atoms with Gasteiger partial charge in [0.15, 0.2) is 5.82 Å². The molecule has 0 spiro atoms. The molecule has 0 aliphatic heterocycles. The molecular formula is C14H14N6O2. The number of carbonyl (C=O) groups excluding carboxylic acids is 1. The first-order valence-corrected chi connectivity index (χ1v) is 6.82. The first-order valence-electron chi connectivity index (χ1n) is 6.82. The first kappa shape index (κ1) is 13.9. The normalized spacial score (nSPS) is 10.8. The fraction of sp³-hybridized carbons (Fsp3) is 0.214. The molecule has 0 aliphatic rings. The summed E-state index contributed by atoms with van der Waals surface area (Å²) in [6.45, 7) is 1.76. The fourth-order valence-corrected chi connectivity index (χ4v) is 2.13. The van der Waals surface area contributed by atoms with E-state index in [4.69, 9.17) is 0 Å². The first-order chi connectivity index (χ1) is 10.7. The third-order valence-corrected chi connectivity index (χ3v) is 3.15. The maximum atomic E-state index is 12.3. The third-order valence-electron chi connectivity index (χ3n) is 3.15. The van der Waals surface area contributed by atoms with Crippen molar-refractivity contribution in [3.63, 3.8) is 0 Å². The van der Waals surface area contributed by atoms with Crippen LogP contribution in [0.5, 0.6) is 0 Å². The largest absolute Gasteiger partial charge is 0.324 e. The van der Waals surface area contributed by atoms with E-state index in [-0.39, 0.29) is 18.0 Å². The lowest BCUT2D eigenvalue weighted by Gasteiger charge is -2.09. The van der Waals surface area contributed by atoms with Gasteiger partial charge in [0.2, 0.25) is 5.91 Å². The molecule has 3 rings (SSSR count). The second-order valence-corrected chi connectivity index (χ2v) is 4.64. The highest BCUT2D eigenvalue weighted by Gasteiger charge is 2.12. The van der Waals surface area contributed by atoms with Crippen LogP contribution in [0.2, 0.25) is 0 Å². The summed E-state index contributed by atoms with van der Waals surface area (Å²) in [5.41, 5.74) is 0.678. The highest BCUT2D eigenvalue weighted by molar-refractivity contribution is 5.90. The van der Waals surface area contributed by atoms with Crippen molar-refractivity contribution in [3.05, 3.63) is 53.0 Å². The predicted octanol–water partition coefficient (Wildman–Crippen LogP) is 0.487. The van der Waals surface area contributed by atoms with Gasteiger partial charge in [0.1, 0.15) is 12.1 Å². The zero-order valence-corrected chi connectivity index (χ0v) is 11.9. The quantitative estimate of drug-likeness (QED) is 0.756. The lowest BCUT2D eigenvalue weighted by molar-refractivity contribution is -0.117. The van der Waals surface area contributed by atoms with E-state index in [1.807, 2.05) is 6.92 Å². The van der Waals surface area contributed by atoms with E-state index in [2.05, 4.69) is 20.5 Å². The van der Waals surface area contributed by atoms with Crippen molar-refractivity contribution in [2.24, 2.45) is 0 Å². The molecule has 0 atom stereocenters. The number of hydrogen-bond acceptors (Lipinski definition) is 5. The van der Waals surface area contributed by atoms with Crippen LogP contribution in [-0.2, 0) is 17.8 Å². The SMILES string of the molecule is CCc1nn(CC(=O)Nc2ccncc2)c(=O)c2ccnn12. The average molecular weight is 298 g/mol. The molecule has 8 nitrogen and oxygen atoms in total. The molecule has 0 aromatic carbocycles. The second-order valence-electron chi connectivity index (χ2n) is 4.64. The number of aromatic nitrogens is 5. The Morgan fingerprint density at radius 1 is 1.23 bits per heavy atom. The van der Waals surface area contributed by atoms with Crippen LogP contribution in [-0.4, -0.2) is 30.3 Å². The molecular weight excluding hydrogens is 284 g/mol. The number of nitrogens with one attached hydrogen (secondary N) is 1. The van der Waals surface area contributed by atoms with Crippen LogP contribution in [0.15, 0.2) is 41.6 Å². The minimum atomic E-state index is -0.348. The van der Waals surface area contributed by atoms with E-state index in [0.717, 1.165) is 4.68 Å². The van der Waals surface area contributed by atoms with E-state index in [1.54, 1.807) is 36.8 Å². The molecule has 3 aromatic heterocycles. The van der Waals surface area contributed by atoms with Gasteiger partial charge in [0, 0.05) is 24.5 Å². The van der Waals surface area contributed by atoms with Crippen molar-refractivity contribution >= 4 is 17.1 Å². The van der Waals surface area contributed by atoms with E-state index in [1.165, 1.54) is 4.52 Å². The summed E-state index contributed by atoms with van der Waals surface area (Å²) in [5.74, 6) is 0.294.